The largest absolute Gasteiger partial charge is 0.361 e. The second-order valence-electron chi connectivity index (χ2n) is 6.76. The number of aromatic nitrogens is 1. The Morgan fingerprint density at radius 1 is 1.22 bits per heavy atom. The van der Waals surface area contributed by atoms with Gasteiger partial charge in [-0.15, -0.1) is 0 Å². The van der Waals surface area contributed by atoms with Gasteiger partial charge in [0.15, 0.2) is 0 Å². The lowest BCUT2D eigenvalue weighted by Gasteiger charge is -2.16. The van der Waals surface area contributed by atoms with Crippen LogP contribution in [0.4, 0.5) is 5.69 Å². The van der Waals surface area contributed by atoms with Gasteiger partial charge in [-0.1, -0.05) is 35.9 Å². The number of aromatic amines is 1. The molecule has 6 heteroatoms. The van der Waals surface area contributed by atoms with E-state index in [9.17, 15) is 9.59 Å². The van der Waals surface area contributed by atoms with Crippen LogP contribution in [0.1, 0.15) is 17.5 Å². The van der Waals surface area contributed by atoms with Crippen molar-refractivity contribution in [3.05, 3.63) is 65.9 Å². The molecule has 3 aromatic rings. The molecule has 0 spiro atoms. The normalized spacial score (nSPS) is 17.1. The number of nitrogens with one attached hydrogen (secondary N) is 2. The smallest absolute Gasteiger partial charge is 0.245 e. The van der Waals surface area contributed by atoms with Crippen molar-refractivity contribution in [2.45, 2.75) is 13.3 Å². The first kappa shape index (κ1) is 17.0. The summed E-state index contributed by atoms with van der Waals surface area (Å²) in [6.45, 7) is 2.37. The summed E-state index contributed by atoms with van der Waals surface area (Å²) in [6.07, 6.45) is 3.66. The van der Waals surface area contributed by atoms with Crippen molar-refractivity contribution < 1.29 is 9.59 Å². The Balaban J connectivity index is 1.40. The molecule has 1 aliphatic rings. The van der Waals surface area contributed by atoms with Crippen molar-refractivity contribution >= 4 is 34.6 Å². The zero-order valence-corrected chi connectivity index (χ0v) is 15.0. The average Bonchev–Trinajstić information content (AvgIpc) is 3.26. The molecule has 0 aliphatic carbocycles. The second kappa shape index (κ2) is 7.07. The summed E-state index contributed by atoms with van der Waals surface area (Å²) in [7, 11) is 0. The minimum absolute atomic E-state index is 0.0420. The van der Waals surface area contributed by atoms with E-state index in [0.717, 1.165) is 27.7 Å². The van der Waals surface area contributed by atoms with E-state index in [4.69, 9.17) is 0 Å². The lowest BCUT2D eigenvalue weighted by molar-refractivity contribution is -0.126. The summed E-state index contributed by atoms with van der Waals surface area (Å²) in [5, 5.41) is 5.11. The molecule has 1 atom stereocenters. The molecular weight excluding hydrogens is 340 g/mol. The van der Waals surface area contributed by atoms with E-state index in [-0.39, 0.29) is 18.2 Å². The van der Waals surface area contributed by atoms with E-state index in [0.29, 0.717) is 6.54 Å². The molecule has 2 aromatic carbocycles. The van der Waals surface area contributed by atoms with Crippen LogP contribution in [0.5, 0.6) is 0 Å². The zero-order valence-electron chi connectivity index (χ0n) is 15.0. The van der Waals surface area contributed by atoms with Gasteiger partial charge < -0.3 is 9.88 Å². The van der Waals surface area contributed by atoms with Crippen molar-refractivity contribution in [2.75, 3.05) is 11.4 Å². The van der Waals surface area contributed by atoms with Gasteiger partial charge >= 0.3 is 0 Å². The number of hydrazone groups is 1. The van der Waals surface area contributed by atoms with Gasteiger partial charge in [0.1, 0.15) is 0 Å². The van der Waals surface area contributed by atoms with Gasteiger partial charge in [-0.05, 0) is 25.1 Å². The van der Waals surface area contributed by atoms with Gasteiger partial charge in [0.2, 0.25) is 11.8 Å². The number of rotatable bonds is 4. The van der Waals surface area contributed by atoms with Crippen LogP contribution in [0.15, 0.2) is 59.8 Å². The number of benzene rings is 2. The van der Waals surface area contributed by atoms with E-state index < -0.39 is 5.92 Å². The summed E-state index contributed by atoms with van der Waals surface area (Å²) in [5.41, 5.74) is 6.43. The zero-order chi connectivity index (χ0) is 18.8. The number of hydrogen-bond acceptors (Lipinski definition) is 3. The lowest BCUT2D eigenvalue weighted by Crippen LogP contribution is -2.30. The molecule has 2 N–H and O–H groups in total. The number of H-pyrrole nitrogens is 1. The fourth-order valence-electron chi connectivity index (χ4n) is 3.31. The highest BCUT2D eigenvalue weighted by Gasteiger charge is 2.35. The molecule has 6 nitrogen and oxygen atoms in total. The molecule has 0 radical (unpaired) electrons. The quantitative estimate of drug-likeness (QED) is 0.554. The minimum Gasteiger partial charge on any atom is -0.361 e. The fourth-order valence-corrected chi connectivity index (χ4v) is 3.31. The Morgan fingerprint density at radius 3 is 2.81 bits per heavy atom. The molecule has 1 saturated heterocycles. The maximum Gasteiger partial charge on any atom is 0.245 e. The summed E-state index contributed by atoms with van der Waals surface area (Å²) in [4.78, 5) is 29.5. The molecule has 1 unspecified atom stereocenters. The number of para-hydroxylation sites is 1. The predicted octanol–water partition coefficient (Wildman–Crippen LogP) is 2.98. The summed E-state index contributed by atoms with van der Waals surface area (Å²) in [6, 6.07) is 15.6. The SMILES string of the molecule is Cc1ccc(N2CC(C(=O)N/N=C/c3c[nH]c4ccccc34)CC2=O)cc1. The van der Waals surface area contributed by atoms with Crippen molar-refractivity contribution in [3.63, 3.8) is 0 Å². The van der Waals surface area contributed by atoms with Crippen molar-refractivity contribution in [2.24, 2.45) is 11.0 Å². The number of nitrogens with zero attached hydrogens (tertiary/aromatic N) is 2. The van der Waals surface area contributed by atoms with Gasteiger partial charge in [-0.2, -0.15) is 5.10 Å². The van der Waals surface area contributed by atoms with Crippen LogP contribution in [0.25, 0.3) is 10.9 Å². The third-order valence-electron chi connectivity index (χ3n) is 4.84. The first-order valence-electron chi connectivity index (χ1n) is 8.88. The highest BCUT2D eigenvalue weighted by atomic mass is 16.2. The summed E-state index contributed by atoms with van der Waals surface area (Å²) >= 11 is 0. The van der Waals surface area contributed by atoms with Crippen LogP contribution in [0.3, 0.4) is 0 Å². The molecule has 1 fully saturated rings. The molecule has 2 amide bonds. The minimum atomic E-state index is -0.404. The Bertz CT molecular complexity index is 1020. The molecule has 2 heterocycles. The summed E-state index contributed by atoms with van der Waals surface area (Å²) in [5.74, 6) is -0.687. The van der Waals surface area contributed by atoms with Crippen molar-refractivity contribution in [1.29, 1.82) is 0 Å². The van der Waals surface area contributed by atoms with E-state index in [1.54, 1.807) is 11.1 Å². The number of hydrogen-bond donors (Lipinski definition) is 2. The first-order chi connectivity index (χ1) is 13.1. The van der Waals surface area contributed by atoms with Gasteiger partial charge in [0.05, 0.1) is 12.1 Å². The first-order valence-corrected chi connectivity index (χ1v) is 8.88. The van der Waals surface area contributed by atoms with Gasteiger partial charge in [0, 0.05) is 41.3 Å². The summed E-state index contributed by atoms with van der Waals surface area (Å²) < 4.78 is 0. The van der Waals surface area contributed by atoms with Gasteiger partial charge in [-0.3, -0.25) is 9.59 Å². The average molecular weight is 360 g/mol. The van der Waals surface area contributed by atoms with Crippen LogP contribution in [-0.2, 0) is 9.59 Å². The van der Waals surface area contributed by atoms with Gasteiger partial charge in [0.25, 0.3) is 0 Å². The number of amides is 2. The van der Waals surface area contributed by atoms with Crippen LogP contribution in [-0.4, -0.2) is 29.6 Å². The van der Waals surface area contributed by atoms with Gasteiger partial charge in [-0.25, -0.2) is 5.43 Å². The number of aryl methyl sites for hydroxylation is 1. The van der Waals surface area contributed by atoms with E-state index in [2.05, 4.69) is 15.5 Å². The maximum absolute atomic E-state index is 12.4. The maximum atomic E-state index is 12.4. The predicted molar refractivity (Wildman–Crippen MR) is 106 cm³/mol. The fraction of sp³-hybridized carbons (Fsp3) is 0.190. The molecule has 0 bridgehead atoms. The molecule has 1 aliphatic heterocycles. The van der Waals surface area contributed by atoms with Crippen LogP contribution in [0, 0.1) is 12.8 Å². The van der Waals surface area contributed by atoms with Crippen molar-refractivity contribution in [1.82, 2.24) is 10.4 Å². The standard InChI is InChI=1S/C21H20N4O2/c1-14-6-8-17(9-7-14)25-13-15(10-20(25)26)21(27)24-23-12-16-11-22-19-5-3-2-4-18(16)19/h2-9,11-12,15,22H,10,13H2,1H3,(H,24,27)/b23-12+. The Kier molecular flexibility index (Phi) is 4.46. The Hall–Kier alpha value is -3.41. The molecule has 0 saturated carbocycles. The monoisotopic (exact) mass is 360 g/mol. The Labute approximate surface area is 156 Å². The number of fused-ring (bicyclic) bond motifs is 1. The molecule has 27 heavy (non-hydrogen) atoms. The molecular formula is C21H20N4O2. The lowest BCUT2D eigenvalue weighted by atomic mass is 10.1. The Morgan fingerprint density at radius 2 is 2.00 bits per heavy atom. The second-order valence-corrected chi connectivity index (χ2v) is 6.76. The van der Waals surface area contributed by atoms with Crippen LogP contribution >= 0.6 is 0 Å². The molecule has 4 rings (SSSR count). The third-order valence-corrected chi connectivity index (χ3v) is 4.84. The van der Waals surface area contributed by atoms with Crippen LogP contribution < -0.4 is 10.3 Å². The molecule has 136 valence electrons. The van der Waals surface area contributed by atoms with Crippen LogP contribution in [0.2, 0.25) is 0 Å². The third kappa shape index (κ3) is 3.46. The number of carbonyl (C=O) groups is 2. The highest BCUT2D eigenvalue weighted by molar-refractivity contribution is 6.01. The highest BCUT2D eigenvalue weighted by Crippen LogP contribution is 2.25. The molecule has 1 aromatic heterocycles. The topological polar surface area (TPSA) is 77.6 Å². The van der Waals surface area contributed by atoms with E-state index >= 15 is 0 Å². The van der Waals surface area contributed by atoms with E-state index in [1.165, 1.54) is 0 Å². The van der Waals surface area contributed by atoms with E-state index in [1.807, 2.05) is 61.7 Å². The number of anilines is 1. The van der Waals surface area contributed by atoms with Crippen molar-refractivity contribution in [3.8, 4) is 0 Å². The number of carbonyl (C=O) groups excluding carboxylic acids is 2.